The molecule has 3 fully saturated rings. The molecule has 2 aliphatic carbocycles. The Bertz CT molecular complexity index is 1530. The van der Waals surface area contributed by atoms with E-state index in [0.29, 0.717) is 30.7 Å². The second-order valence-electron chi connectivity index (χ2n) is 16.6. The molecule has 1 aromatic carbocycles. The number of hydrogen-bond donors (Lipinski definition) is 4. The third-order valence-electron chi connectivity index (χ3n) is 10.0. The molecule has 0 aromatic heterocycles. The van der Waals surface area contributed by atoms with Crippen LogP contribution < -0.4 is 21.3 Å². The predicted molar refractivity (Wildman–Crippen MR) is 192 cm³/mol. The van der Waals surface area contributed by atoms with Crippen LogP contribution in [0.2, 0.25) is 0 Å². The van der Waals surface area contributed by atoms with Crippen molar-refractivity contribution in [3.05, 3.63) is 35.9 Å². The molecular weight excluding hydrogens is 668 g/mol. The van der Waals surface area contributed by atoms with Crippen LogP contribution in [0.4, 0.5) is 4.79 Å². The zero-order valence-corrected chi connectivity index (χ0v) is 31.9. The number of ether oxygens (including phenoxy) is 1. The van der Waals surface area contributed by atoms with E-state index in [2.05, 4.69) is 21.3 Å². The zero-order chi connectivity index (χ0) is 38.7. The Morgan fingerprint density at radius 3 is 2.12 bits per heavy atom. The van der Waals surface area contributed by atoms with Gasteiger partial charge in [0.1, 0.15) is 23.7 Å². The van der Waals surface area contributed by atoms with E-state index in [-0.39, 0.29) is 30.2 Å². The molecule has 7 unspecified atom stereocenters. The van der Waals surface area contributed by atoms with E-state index < -0.39 is 77.2 Å². The van der Waals surface area contributed by atoms with Crippen LogP contribution in [0, 0.1) is 23.2 Å². The summed E-state index contributed by atoms with van der Waals surface area (Å²) in [5, 5.41) is 10.5. The average molecular weight is 725 g/mol. The van der Waals surface area contributed by atoms with Crippen LogP contribution in [0.15, 0.2) is 30.3 Å². The fraction of sp³-hybridized carbons (Fsp3) is 0.658. The SMILES string of the molecule is CCCCC(NC(=O)C1C2CC(C3CC32)N1C(=O)[C@H](NC(=O)OC(C)(C)C)C(C)(C)C)C(=O)C(=O)NCC(=O)NC(C(=O)N(C)C)c1ccccc1. The molecule has 1 aliphatic heterocycles. The van der Waals surface area contributed by atoms with Crippen molar-refractivity contribution in [3.8, 4) is 0 Å². The van der Waals surface area contributed by atoms with Crippen LogP contribution in [0.25, 0.3) is 0 Å². The highest BCUT2D eigenvalue weighted by molar-refractivity contribution is 6.38. The summed E-state index contributed by atoms with van der Waals surface area (Å²) in [4.78, 5) is 96.6. The first-order valence-corrected chi connectivity index (χ1v) is 18.2. The zero-order valence-electron chi connectivity index (χ0n) is 31.9. The first kappa shape index (κ1) is 40.3. The van der Waals surface area contributed by atoms with Gasteiger partial charge in [0.25, 0.3) is 5.91 Å². The summed E-state index contributed by atoms with van der Waals surface area (Å²) >= 11 is 0. The van der Waals surface area contributed by atoms with Crippen LogP contribution in [0.5, 0.6) is 0 Å². The molecule has 1 saturated heterocycles. The second kappa shape index (κ2) is 16.0. The van der Waals surface area contributed by atoms with Crippen molar-refractivity contribution in [1.29, 1.82) is 0 Å². The fourth-order valence-corrected chi connectivity index (χ4v) is 7.48. The van der Waals surface area contributed by atoms with E-state index in [4.69, 9.17) is 4.74 Å². The molecule has 4 N–H and O–H groups in total. The van der Waals surface area contributed by atoms with E-state index in [1.807, 2.05) is 27.7 Å². The maximum Gasteiger partial charge on any atom is 0.408 e. The number of unbranched alkanes of at least 4 members (excludes halogenated alkanes) is 1. The Labute approximate surface area is 306 Å². The van der Waals surface area contributed by atoms with Crippen LogP contribution in [0.1, 0.15) is 92.2 Å². The van der Waals surface area contributed by atoms with Crippen molar-refractivity contribution in [2.45, 2.75) is 116 Å². The number of nitrogens with zero attached hydrogens (tertiary/aromatic N) is 2. The van der Waals surface area contributed by atoms with Gasteiger partial charge in [-0.3, -0.25) is 28.8 Å². The van der Waals surface area contributed by atoms with E-state index in [1.54, 1.807) is 70.1 Å². The number of alkyl carbamates (subject to hydrolysis) is 1. The number of likely N-dealkylation sites (N-methyl/N-ethyl adjacent to an activating group) is 1. The quantitative estimate of drug-likeness (QED) is 0.211. The van der Waals surface area contributed by atoms with Gasteiger partial charge in [-0.2, -0.15) is 0 Å². The molecule has 2 bridgehead atoms. The molecule has 8 atom stereocenters. The van der Waals surface area contributed by atoms with Crippen molar-refractivity contribution in [3.63, 3.8) is 0 Å². The van der Waals surface area contributed by atoms with Gasteiger partial charge in [-0.1, -0.05) is 70.9 Å². The standard InChI is InChI=1S/C38H56N6O8/c1-10-11-17-25(30(46)33(48)39-20-27(45)41-28(34(49)43(8)9)21-15-13-12-14-16-21)40-32(47)29-24-19-26(23-18-22(23)24)44(29)35(50)31(37(2,3)4)42-36(51)52-38(5,6)7/h12-16,22-26,28-29,31H,10-11,17-20H2,1-9H3,(H,39,48)(H,40,47)(H,41,45)(H,42,51)/t22?,23?,24?,25?,26?,28?,29?,31-/m0/s1. The summed E-state index contributed by atoms with van der Waals surface area (Å²) in [6, 6.07) is 4.44. The highest BCUT2D eigenvalue weighted by Crippen LogP contribution is 2.63. The van der Waals surface area contributed by atoms with Crippen LogP contribution >= 0.6 is 0 Å². The lowest BCUT2D eigenvalue weighted by molar-refractivity contribution is -0.148. The minimum absolute atomic E-state index is 0.108. The summed E-state index contributed by atoms with van der Waals surface area (Å²) in [5.74, 6) is -3.46. The molecule has 14 heteroatoms. The third kappa shape index (κ3) is 9.48. The Hall–Kier alpha value is -4.49. The average Bonchev–Trinajstić information content (AvgIpc) is 3.68. The van der Waals surface area contributed by atoms with E-state index >= 15 is 0 Å². The number of carbonyl (C=O) groups is 7. The minimum Gasteiger partial charge on any atom is -0.444 e. The molecule has 286 valence electrons. The molecule has 0 spiro atoms. The molecule has 14 nitrogen and oxygen atoms in total. The van der Waals surface area contributed by atoms with Gasteiger partial charge in [0.2, 0.25) is 29.4 Å². The number of amides is 6. The van der Waals surface area contributed by atoms with Gasteiger partial charge in [-0.15, -0.1) is 0 Å². The number of hydrogen-bond acceptors (Lipinski definition) is 8. The number of carbonyl (C=O) groups excluding carboxylic acids is 7. The lowest BCUT2D eigenvalue weighted by atomic mass is 9.85. The van der Waals surface area contributed by atoms with Crippen molar-refractivity contribution >= 4 is 41.4 Å². The summed E-state index contributed by atoms with van der Waals surface area (Å²) in [5.41, 5.74) is -0.943. The second-order valence-corrected chi connectivity index (χ2v) is 16.6. The molecule has 2 saturated carbocycles. The van der Waals surface area contributed by atoms with Gasteiger partial charge in [-0.05, 0) is 68.8 Å². The predicted octanol–water partition coefficient (Wildman–Crippen LogP) is 2.47. The molecule has 0 radical (unpaired) electrons. The highest BCUT2D eigenvalue weighted by atomic mass is 16.6. The Morgan fingerprint density at radius 2 is 1.54 bits per heavy atom. The van der Waals surface area contributed by atoms with Crippen molar-refractivity contribution in [2.24, 2.45) is 23.2 Å². The largest absolute Gasteiger partial charge is 0.444 e. The fourth-order valence-electron chi connectivity index (χ4n) is 7.48. The van der Waals surface area contributed by atoms with Crippen molar-refractivity contribution in [1.82, 2.24) is 31.1 Å². The first-order valence-electron chi connectivity index (χ1n) is 18.2. The van der Waals surface area contributed by atoms with Gasteiger partial charge < -0.3 is 35.8 Å². The van der Waals surface area contributed by atoms with E-state index in [1.165, 1.54) is 4.90 Å². The molecule has 1 heterocycles. The number of rotatable bonds is 14. The molecule has 3 aliphatic rings. The lowest BCUT2D eigenvalue weighted by Gasteiger charge is -2.40. The van der Waals surface area contributed by atoms with Gasteiger partial charge >= 0.3 is 6.09 Å². The molecule has 1 aromatic rings. The number of benzene rings is 1. The number of nitrogens with one attached hydrogen (secondary N) is 4. The third-order valence-corrected chi connectivity index (χ3v) is 10.0. The normalized spacial score (nSPS) is 23.3. The van der Waals surface area contributed by atoms with Gasteiger partial charge in [0.05, 0.1) is 12.6 Å². The molecule has 6 amide bonds. The van der Waals surface area contributed by atoms with Gasteiger partial charge in [0, 0.05) is 20.1 Å². The Balaban J connectivity index is 1.46. The number of fused-ring (bicyclic) bond motifs is 5. The molecular formula is C38H56N6O8. The molecule has 4 rings (SSSR count). The van der Waals surface area contributed by atoms with Crippen LogP contribution in [0.3, 0.4) is 0 Å². The first-order chi connectivity index (χ1) is 24.2. The Morgan fingerprint density at radius 1 is 0.885 bits per heavy atom. The van der Waals surface area contributed by atoms with Crippen LogP contribution in [-0.4, -0.2) is 102 Å². The maximum atomic E-state index is 14.3. The van der Waals surface area contributed by atoms with Gasteiger partial charge in [0.15, 0.2) is 0 Å². The Kier molecular flexibility index (Phi) is 12.4. The summed E-state index contributed by atoms with van der Waals surface area (Å²) in [6.07, 6.45) is 2.21. The van der Waals surface area contributed by atoms with Crippen molar-refractivity contribution < 1.29 is 38.3 Å². The number of ketones is 1. The molecule has 52 heavy (non-hydrogen) atoms. The number of likely N-dealkylation sites (tertiary alicyclic amines) is 1. The monoisotopic (exact) mass is 724 g/mol. The summed E-state index contributed by atoms with van der Waals surface area (Å²) < 4.78 is 5.46. The summed E-state index contributed by atoms with van der Waals surface area (Å²) in [6.45, 7) is 12.0. The van der Waals surface area contributed by atoms with E-state index in [0.717, 1.165) is 6.42 Å². The topological polar surface area (TPSA) is 183 Å². The highest BCUT2D eigenvalue weighted by Gasteiger charge is 2.68. The minimum atomic E-state index is -1.19. The van der Waals surface area contributed by atoms with E-state index in [9.17, 15) is 33.6 Å². The number of piperidine rings is 1. The van der Waals surface area contributed by atoms with Crippen molar-refractivity contribution in [2.75, 3.05) is 20.6 Å². The number of Topliss-reactive ketones (excluding diaryl/α,β-unsaturated/α-hetero) is 1. The summed E-state index contributed by atoms with van der Waals surface area (Å²) in [7, 11) is 3.13. The van der Waals surface area contributed by atoms with Crippen LogP contribution in [-0.2, 0) is 33.5 Å². The lowest BCUT2D eigenvalue weighted by Crippen LogP contribution is -2.62. The smallest absolute Gasteiger partial charge is 0.408 e. The van der Waals surface area contributed by atoms with Gasteiger partial charge in [-0.25, -0.2) is 4.79 Å². The maximum absolute atomic E-state index is 14.3.